The van der Waals surface area contributed by atoms with E-state index in [0.717, 1.165) is 42.1 Å². The number of benzene rings is 2. The summed E-state index contributed by atoms with van der Waals surface area (Å²) in [6, 6.07) is 12.5. The van der Waals surface area contributed by atoms with E-state index in [-0.39, 0.29) is 16.8 Å². The third kappa shape index (κ3) is 5.83. The minimum absolute atomic E-state index is 0.115. The van der Waals surface area contributed by atoms with Gasteiger partial charge in [0.25, 0.3) is 0 Å². The fraction of sp³-hybridized carbons (Fsp3) is 0.316. The molecule has 0 saturated heterocycles. The zero-order valence-electron chi connectivity index (χ0n) is 14.3. The summed E-state index contributed by atoms with van der Waals surface area (Å²) >= 11 is 1.01. The van der Waals surface area contributed by atoms with Crippen LogP contribution in [-0.2, 0) is 4.79 Å². The summed E-state index contributed by atoms with van der Waals surface area (Å²) in [5.41, 5.74) is 0.741. The van der Waals surface area contributed by atoms with Crippen molar-refractivity contribution in [2.45, 2.75) is 30.0 Å². The zero-order chi connectivity index (χ0) is 18.2. The summed E-state index contributed by atoms with van der Waals surface area (Å²) in [7, 11) is 0. The molecule has 0 aromatic heterocycles. The molecule has 0 radical (unpaired) electrons. The third-order valence-corrected chi connectivity index (χ3v) is 4.90. The van der Waals surface area contributed by atoms with Crippen LogP contribution in [0, 0.1) is 11.6 Å². The number of hydrogen-bond acceptors (Lipinski definition) is 3. The molecule has 2 aromatic rings. The molecule has 0 bridgehead atoms. The molecule has 1 amide bonds. The van der Waals surface area contributed by atoms with Crippen molar-refractivity contribution >= 4 is 17.7 Å². The Labute approximate surface area is 151 Å². The van der Waals surface area contributed by atoms with Gasteiger partial charge in [-0.15, -0.1) is 11.8 Å². The minimum atomic E-state index is -0.661. The third-order valence-electron chi connectivity index (χ3n) is 3.61. The lowest BCUT2D eigenvalue weighted by Gasteiger charge is -2.19. The van der Waals surface area contributed by atoms with Gasteiger partial charge in [-0.25, -0.2) is 8.78 Å². The fourth-order valence-electron chi connectivity index (χ4n) is 2.36. The lowest BCUT2D eigenvalue weighted by atomic mass is 10.1. The van der Waals surface area contributed by atoms with Gasteiger partial charge in [0.15, 0.2) is 0 Å². The smallest absolute Gasteiger partial charge is 0.238 e. The van der Waals surface area contributed by atoms with Crippen LogP contribution in [0.15, 0.2) is 53.4 Å². The van der Waals surface area contributed by atoms with Crippen molar-refractivity contribution in [3.05, 3.63) is 65.7 Å². The molecule has 0 aliphatic heterocycles. The van der Waals surface area contributed by atoms with Gasteiger partial charge in [0, 0.05) is 17.5 Å². The molecule has 0 saturated carbocycles. The maximum Gasteiger partial charge on any atom is 0.238 e. The van der Waals surface area contributed by atoms with E-state index in [9.17, 15) is 13.6 Å². The van der Waals surface area contributed by atoms with Crippen LogP contribution in [0.3, 0.4) is 0 Å². The number of rotatable bonds is 8. The first-order valence-corrected chi connectivity index (χ1v) is 9.07. The summed E-state index contributed by atoms with van der Waals surface area (Å²) < 4.78 is 27.4. The van der Waals surface area contributed by atoms with Gasteiger partial charge in [-0.1, -0.05) is 37.3 Å². The molecule has 6 heteroatoms. The fourth-order valence-corrected chi connectivity index (χ4v) is 3.46. The topological polar surface area (TPSA) is 41.1 Å². The Morgan fingerprint density at radius 1 is 1.16 bits per heavy atom. The summed E-state index contributed by atoms with van der Waals surface area (Å²) in [4.78, 5) is 12.8. The lowest BCUT2D eigenvalue weighted by molar-refractivity contribution is -0.120. The normalized spacial score (nSPS) is 13.3. The number of thioether (sulfide) groups is 1. The number of carbonyl (C=O) groups is 1. The Morgan fingerprint density at radius 3 is 2.56 bits per heavy atom. The van der Waals surface area contributed by atoms with Crippen LogP contribution in [0.1, 0.15) is 24.7 Å². The van der Waals surface area contributed by atoms with Crippen molar-refractivity contribution in [3.63, 3.8) is 0 Å². The van der Waals surface area contributed by atoms with Crippen LogP contribution < -0.4 is 10.6 Å². The van der Waals surface area contributed by atoms with Gasteiger partial charge in [-0.05, 0) is 37.2 Å². The molecule has 2 rings (SSSR count). The largest absolute Gasteiger partial charge is 0.353 e. The van der Waals surface area contributed by atoms with E-state index in [2.05, 4.69) is 10.6 Å². The molecule has 0 spiro atoms. The van der Waals surface area contributed by atoms with Crippen LogP contribution in [0.2, 0.25) is 0 Å². The average molecular weight is 364 g/mol. The first kappa shape index (κ1) is 19.4. The first-order valence-electron chi connectivity index (χ1n) is 8.19. The monoisotopic (exact) mass is 364 g/mol. The number of hydrogen-bond donors (Lipinski definition) is 2. The second-order valence-corrected chi connectivity index (χ2v) is 6.83. The van der Waals surface area contributed by atoms with Gasteiger partial charge in [-0.3, -0.25) is 4.79 Å². The van der Waals surface area contributed by atoms with E-state index >= 15 is 0 Å². The molecule has 0 fully saturated rings. The molecule has 3 nitrogen and oxygen atoms in total. The highest BCUT2D eigenvalue weighted by Gasteiger charge is 2.23. The highest BCUT2D eigenvalue weighted by molar-refractivity contribution is 8.00. The van der Waals surface area contributed by atoms with Crippen LogP contribution in [0.25, 0.3) is 0 Å². The molecule has 0 aliphatic rings. The summed E-state index contributed by atoms with van der Waals surface area (Å²) in [6.07, 6.45) is 0. The van der Waals surface area contributed by atoms with Crippen molar-refractivity contribution in [2.24, 2.45) is 0 Å². The van der Waals surface area contributed by atoms with Gasteiger partial charge in [0.2, 0.25) is 5.91 Å². The molecular formula is C19H22F2N2OS. The SMILES string of the molecule is CCN[C@H](C)CNC(=O)C(Sc1cc(F)ccc1F)c1ccccc1. The van der Waals surface area contributed by atoms with Crippen molar-refractivity contribution < 1.29 is 13.6 Å². The Hall–Kier alpha value is -1.92. The molecule has 25 heavy (non-hydrogen) atoms. The van der Waals surface area contributed by atoms with E-state index in [4.69, 9.17) is 0 Å². The number of likely N-dealkylation sites (N-methyl/N-ethyl adjacent to an activating group) is 1. The van der Waals surface area contributed by atoms with Crippen molar-refractivity contribution in [1.29, 1.82) is 0 Å². The number of nitrogens with one attached hydrogen (secondary N) is 2. The van der Waals surface area contributed by atoms with E-state index in [1.807, 2.05) is 44.2 Å². The van der Waals surface area contributed by atoms with Crippen LogP contribution >= 0.6 is 11.8 Å². The number of amides is 1. The van der Waals surface area contributed by atoms with Gasteiger partial charge < -0.3 is 10.6 Å². The molecule has 2 N–H and O–H groups in total. The Balaban J connectivity index is 2.19. The van der Waals surface area contributed by atoms with Gasteiger partial charge in [0.1, 0.15) is 16.9 Å². The van der Waals surface area contributed by atoms with Crippen molar-refractivity contribution in [2.75, 3.05) is 13.1 Å². The Bertz CT molecular complexity index is 697. The lowest BCUT2D eigenvalue weighted by Crippen LogP contribution is -2.40. The summed E-state index contributed by atoms with van der Waals surface area (Å²) in [5, 5.41) is 5.44. The standard InChI is InChI=1S/C19H22F2N2OS/c1-3-22-13(2)12-23-19(24)18(14-7-5-4-6-8-14)25-17-11-15(20)9-10-16(17)21/h4-11,13,18,22H,3,12H2,1-2H3,(H,23,24)/t13-,18?/m1/s1. The van der Waals surface area contributed by atoms with Crippen LogP contribution in [0.4, 0.5) is 8.78 Å². The van der Waals surface area contributed by atoms with E-state index in [0.29, 0.717) is 6.54 Å². The van der Waals surface area contributed by atoms with Crippen molar-refractivity contribution in [3.8, 4) is 0 Å². The molecule has 0 heterocycles. The highest BCUT2D eigenvalue weighted by Crippen LogP contribution is 2.37. The average Bonchev–Trinajstić information content (AvgIpc) is 2.61. The van der Waals surface area contributed by atoms with E-state index in [1.54, 1.807) is 0 Å². The van der Waals surface area contributed by atoms with Crippen LogP contribution in [0.5, 0.6) is 0 Å². The number of halogens is 2. The predicted octanol–water partition coefficient (Wildman–Crippen LogP) is 3.91. The Morgan fingerprint density at radius 2 is 1.88 bits per heavy atom. The van der Waals surface area contributed by atoms with Crippen LogP contribution in [-0.4, -0.2) is 25.0 Å². The highest BCUT2D eigenvalue weighted by atomic mass is 32.2. The van der Waals surface area contributed by atoms with E-state index < -0.39 is 16.9 Å². The predicted molar refractivity (Wildman–Crippen MR) is 97.5 cm³/mol. The zero-order valence-corrected chi connectivity index (χ0v) is 15.1. The molecule has 2 atom stereocenters. The van der Waals surface area contributed by atoms with E-state index in [1.165, 1.54) is 0 Å². The minimum Gasteiger partial charge on any atom is -0.353 e. The number of carbonyl (C=O) groups excluding carboxylic acids is 1. The molecule has 1 unspecified atom stereocenters. The van der Waals surface area contributed by atoms with Gasteiger partial charge in [0.05, 0.1) is 0 Å². The molecule has 134 valence electrons. The van der Waals surface area contributed by atoms with Gasteiger partial charge in [-0.2, -0.15) is 0 Å². The Kier molecular flexibility index (Phi) is 7.40. The summed E-state index contributed by atoms with van der Waals surface area (Å²) in [6.45, 7) is 5.24. The maximum absolute atomic E-state index is 14.0. The quantitative estimate of drug-likeness (QED) is 0.698. The van der Waals surface area contributed by atoms with Crippen molar-refractivity contribution in [1.82, 2.24) is 10.6 Å². The maximum atomic E-state index is 14.0. The molecule has 0 aliphatic carbocycles. The molecular weight excluding hydrogens is 342 g/mol. The second-order valence-electron chi connectivity index (χ2n) is 5.69. The first-order chi connectivity index (χ1) is 12.0. The molecule has 2 aromatic carbocycles. The second kappa shape index (κ2) is 9.53. The van der Waals surface area contributed by atoms with Gasteiger partial charge >= 0.3 is 0 Å². The summed E-state index contributed by atoms with van der Waals surface area (Å²) in [5.74, 6) is -1.30.